The Morgan fingerprint density at radius 3 is 2.48 bits per heavy atom. The van der Waals surface area contributed by atoms with Crippen LogP contribution in [0.1, 0.15) is 41.7 Å². The molecule has 31 heavy (non-hydrogen) atoms. The second-order valence-corrected chi connectivity index (χ2v) is 10.2. The van der Waals surface area contributed by atoms with Gasteiger partial charge in [-0.2, -0.15) is 4.31 Å². The van der Waals surface area contributed by atoms with E-state index in [0.717, 1.165) is 18.4 Å². The summed E-state index contributed by atoms with van der Waals surface area (Å²) in [5.74, 6) is -0.773. The Bertz CT molecular complexity index is 1060. The minimum atomic E-state index is -3.79. The Morgan fingerprint density at radius 1 is 1.06 bits per heavy atom. The third kappa shape index (κ3) is 4.67. The van der Waals surface area contributed by atoms with E-state index in [4.69, 9.17) is 0 Å². The predicted molar refractivity (Wildman–Crippen MR) is 117 cm³/mol. The first kappa shape index (κ1) is 21.6. The molecule has 4 rings (SSSR count). The highest BCUT2D eigenvalue weighted by Crippen LogP contribution is 2.26. The summed E-state index contributed by atoms with van der Waals surface area (Å²) in [4.78, 5) is 29.9. The number of hydrogen-bond acceptors (Lipinski definition) is 4. The van der Waals surface area contributed by atoms with Gasteiger partial charge in [-0.15, -0.1) is 0 Å². The number of hydrogen-bond donors (Lipinski definition) is 2. The van der Waals surface area contributed by atoms with Crippen molar-refractivity contribution in [2.75, 3.05) is 31.5 Å². The number of sulfonamides is 1. The number of nitrogens with one attached hydrogen (secondary N) is 2. The minimum absolute atomic E-state index is 0.0645. The fourth-order valence-electron chi connectivity index (χ4n) is 4.14. The number of likely N-dealkylation sites (tertiary alicyclic amines) is 1. The molecule has 3 heterocycles. The summed E-state index contributed by atoms with van der Waals surface area (Å²) in [6, 6.07) is 8.92. The van der Waals surface area contributed by atoms with Gasteiger partial charge in [0.25, 0.3) is 5.91 Å². The van der Waals surface area contributed by atoms with Gasteiger partial charge >= 0.3 is 0 Å². The molecule has 2 aromatic rings. The molecule has 0 unspecified atom stereocenters. The van der Waals surface area contributed by atoms with E-state index in [1.807, 2.05) is 31.2 Å². The molecule has 1 aromatic carbocycles. The van der Waals surface area contributed by atoms with Crippen LogP contribution < -0.4 is 5.32 Å². The number of anilines is 1. The maximum Gasteiger partial charge on any atom is 0.270 e. The standard InChI is InChI=1S/C22H28N4O4S/c1-16-6-8-18(9-7-16)24-21(27)17-5-4-12-26(15-17)31(29,30)19-13-20(23-14-19)22(28)25-10-2-3-11-25/h6-9,13-14,17,23H,2-5,10-12,15H2,1H3,(H,24,27)/t17-/m1/s1. The van der Waals surface area contributed by atoms with Crippen LogP contribution in [0.15, 0.2) is 41.4 Å². The number of nitrogens with zero attached hydrogens (tertiary/aromatic N) is 2. The summed E-state index contributed by atoms with van der Waals surface area (Å²) in [7, 11) is -3.79. The lowest BCUT2D eigenvalue weighted by molar-refractivity contribution is -0.120. The maximum atomic E-state index is 13.2. The Kier molecular flexibility index (Phi) is 6.15. The molecule has 0 spiro atoms. The fourth-order valence-corrected chi connectivity index (χ4v) is 5.66. The van der Waals surface area contributed by atoms with Crippen LogP contribution in [-0.2, 0) is 14.8 Å². The molecule has 1 atom stereocenters. The van der Waals surface area contributed by atoms with Crippen LogP contribution in [-0.4, -0.2) is 60.6 Å². The molecule has 0 bridgehead atoms. The molecule has 2 aliphatic rings. The van der Waals surface area contributed by atoms with Gasteiger partial charge in [0.05, 0.1) is 5.92 Å². The second kappa shape index (κ2) is 8.84. The average molecular weight is 445 g/mol. The van der Waals surface area contributed by atoms with Gasteiger partial charge < -0.3 is 15.2 Å². The van der Waals surface area contributed by atoms with E-state index >= 15 is 0 Å². The molecule has 2 amide bonds. The zero-order chi connectivity index (χ0) is 22.0. The molecular weight excluding hydrogens is 416 g/mol. The quantitative estimate of drug-likeness (QED) is 0.740. The Labute approximate surface area is 182 Å². The number of benzene rings is 1. The van der Waals surface area contributed by atoms with Crippen LogP contribution in [0.4, 0.5) is 5.69 Å². The highest BCUT2D eigenvalue weighted by molar-refractivity contribution is 7.89. The Hall–Kier alpha value is -2.65. The van der Waals surface area contributed by atoms with Crippen LogP contribution in [0, 0.1) is 12.8 Å². The van der Waals surface area contributed by atoms with Crippen molar-refractivity contribution in [2.24, 2.45) is 5.92 Å². The van der Waals surface area contributed by atoms with Crippen LogP contribution in [0.5, 0.6) is 0 Å². The van der Waals surface area contributed by atoms with Gasteiger partial charge in [0, 0.05) is 38.1 Å². The van der Waals surface area contributed by atoms with E-state index in [2.05, 4.69) is 10.3 Å². The van der Waals surface area contributed by atoms with E-state index in [0.29, 0.717) is 38.2 Å². The summed E-state index contributed by atoms with van der Waals surface area (Å²) in [5, 5.41) is 2.88. The topological polar surface area (TPSA) is 103 Å². The summed E-state index contributed by atoms with van der Waals surface area (Å²) < 4.78 is 27.7. The number of amides is 2. The van der Waals surface area contributed by atoms with Crippen molar-refractivity contribution in [3.05, 3.63) is 47.8 Å². The lowest BCUT2D eigenvalue weighted by Crippen LogP contribution is -2.43. The van der Waals surface area contributed by atoms with Gasteiger partial charge in [-0.25, -0.2) is 8.42 Å². The first-order valence-corrected chi connectivity index (χ1v) is 12.1. The average Bonchev–Trinajstić information content (AvgIpc) is 3.48. The predicted octanol–water partition coefficient (Wildman–Crippen LogP) is 2.60. The van der Waals surface area contributed by atoms with Gasteiger partial charge in [-0.05, 0) is 50.8 Å². The summed E-state index contributed by atoms with van der Waals surface area (Å²) in [6.45, 7) is 3.85. The molecule has 2 fully saturated rings. The molecule has 0 aliphatic carbocycles. The van der Waals surface area contributed by atoms with Crippen molar-refractivity contribution in [1.29, 1.82) is 0 Å². The number of H-pyrrole nitrogens is 1. The summed E-state index contributed by atoms with van der Waals surface area (Å²) in [5.41, 5.74) is 2.08. The molecule has 2 aliphatic heterocycles. The van der Waals surface area contributed by atoms with E-state index in [9.17, 15) is 18.0 Å². The summed E-state index contributed by atoms with van der Waals surface area (Å²) in [6.07, 6.45) is 4.55. The maximum absolute atomic E-state index is 13.2. The number of carbonyl (C=O) groups is 2. The first-order valence-electron chi connectivity index (χ1n) is 10.7. The normalized spacial score (nSPS) is 20.0. The monoisotopic (exact) mass is 444 g/mol. The van der Waals surface area contributed by atoms with Crippen molar-refractivity contribution >= 4 is 27.5 Å². The number of carbonyl (C=O) groups excluding carboxylic acids is 2. The molecule has 8 nitrogen and oxygen atoms in total. The minimum Gasteiger partial charge on any atom is -0.356 e. The third-order valence-electron chi connectivity index (χ3n) is 5.99. The first-order chi connectivity index (χ1) is 14.8. The summed E-state index contributed by atoms with van der Waals surface area (Å²) >= 11 is 0. The van der Waals surface area contributed by atoms with Crippen molar-refractivity contribution in [2.45, 2.75) is 37.5 Å². The number of piperidine rings is 1. The molecular formula is C22H28N4O4S. The molecule has 9 heteroatoms. The SMILES string of the molecule is Cc1ccc(NC(=O)[C@@H]2CCCN(S(=O)(=O)c3c[nH]c(C(=O)N4CCCC4)c3)C2)cc1. The van der Waals surface area contributed by atoms with Gasteiger partial charge in [0.15, 0.2) is 0 Å². The van der Waals surface area contributed by atoms with Crippen LogP contribution >= 0.6 is 0 Å². The zero-order valence-electron chi connectivity index (χ0n) is 17.6. The van der Waals surface area contributed by atoms with Gasteiger partial charge in [-0.3, -0.25) is 9.59 Å². The van der Waals surface area contributed by atoms with Gasteiger partial charge in [0.2, 0.25) is 15.9 Å². The van der Waals surface area contributed by atoms with E-state index in [1.54, 1.807) is 4.90 Å². The van der Waals surface area contributed by atoms with Crippen molar-refractivity contribution in [3.8, 4) is 0 Å². The van der Waals surface area contributed by atoms with Crippen molar-refractivity contribution < 1.29 is 18.0 Å². The highest BCUT2D eigenvalue weighted by atomic mass is 32.2. The fraction of sp³-hybridized carbons (Fsp3) is 0.455. The van der Waals surface area contributed by atoms with Crippen LogP contribution in [0.2, 0.25) is 0 Å². The number of rotatable bonds is 5. The lowest BCUT2D eigenvalue weighted by atomic mass is 9.98. The van der Waals surface area contributed by atoms with E-state index < -0.39 is 15.9 Å². The smallest absolute Gasteiger partial charge is 0.270 e. The molecule has 166 valence electrons. The number of aromatic nitrogens is 1. The Morgan fingerprint density at radius 2 is 1.77 bits per heavy atom. The number of aryl methyl sites for hydroxylation is 1. The molecule has 0 saturated carbocycles. The van der Waals surface area contributed by atoms with Crippen molar-refractivity contribution in [1.82, 2.24) is 14.2 Å². The number of aromatic amines is 1. The third-order valence-corrected chi connectivity index (χ3v) is 7.83. The van der Waals surface area contributed by atoms with Crippen LogP contribution in [0.25, 0.3) is 0 Å². The van der Waals surface area contributed by atoms with Gasteiger partial charge in [0.1, 0.15) is 10.6 Å². The largest absolute Gasteiger partial charge is 0.356 e. The second-order valence-electron chi connectivity index (χ2n) is 8.31. The molecule has 0 radical (unpaired) electrons. The van der Waals surface area contributed by atoms with Gasteiger partial charge in [-0.1, -0.05) is 17.7 Å². The van der Waals surface area contributed by atoms with E-state index in [1.165, 1.54) is 16.6 Å². The molecule has 2 saturated heterocycles. The van der Waals surface area contributed by atoms with Crippen molar-refractivity contribution in [3.63, 3.8) is 0 Å². The Balaban J connectivity index is 1.44. The van der Waals surface area contributed by atoms with E-state index in [-0.39, 0.29) is 28.9 Å². The lowest BCUT2D eigenvalue weighted by Gasteiger charge is -2.31. The van der Waals surface area contributed by atoms with Crippen LogP contribution in [0.3, 0.4) is 0 Å². The molecule has 2 N–H and O–H groups in total. The zero-order valence-corrected chi connectivity index (χ0v) is 18.5. The highest BCUT2D eigenvalue weighted by Gasteiger charge is 2.34. The molecule has 1 aromatic heterocycles.